The van der Waals surface area contributed by atoms with Crippen LogP contribution in [0, 0.1) is 0 Å². The highest BCUT2D eigenvalue weighted by Gasteiger charge is 2.37. The molecule has 1 aromatic rings. The monoisotopic (exact) mass is 237 g/mol. The predicted molar refractivity (Wildman–Crippen MR) is 53.8 cm³/mol. The zero-order chi connectivity index (χ0) is 11.6. The van der Waals surface area contributed by atoms with Crippen LogP contribution in [-0.2, 0) is 6.54 Å². The van der Waals surface area contributed by atoms with Gasteiger partial charge in [-0.25, -0.2) is 0 Å². The van der Waals surface area contributed by atoms with Gasteiger partial charge in [-0.1, -0.05) is 17.7 Å². The van der Waals surface area contributed by atoms with Gasteiger partial charge >= 0.3 is 6.18 Å². The van der Waals surface area contributed by atoms with Gasteiger partial charge in [-0.3, -0.25) is 0 Å². The van der Waals surface area contributed by atoms with Crippen molar-refractivity contribution in [1.82, 2.24) is 0 Å². The first-order valence-electron chi connectivity index (χ1n) is 4.40. The van der Waals surface area contributed by atoms with Gasteiger partial charge < -0.3 is 5.73 Å². The van der Waals surface area contributed by atoms with Crippen LogP contribution in [0.2, 0.25) is 5.02 Å². The molecule has 5 heteroatoms. The topological polar surface area (TPSA) is 26.0 Å². The lowest BCUT2D eigenvalue weighted by atomic mass is 9.98. The molecule has 2 N–H and O–H groups in total. The number of alkyl halides is 3. The fourth-order valence-electron chi connectivity index (χ4n) is 1.23. The van der Waals surface area contributed by atoms with E-state index in [0.29, 0.717) is 5.56 Å². The van der Waals surface area contributed by atoms with E-state index in [2.05, 4.69) is 0 Å². The second-order valence-electron chi connectivity index (χ2n) is 3.36. The maximum atomic E-state index is 12.4. The van der Waals surface area contributed by atoms with Crippen molar-refractivity contribution in [3.63, 3.8) is 0 Å². The number of rotatable bonds is 2. The Morgan fingerprint density at radius 1 is 1.33 bits per heavy atom. The van der Waals surface area contributed by atoms with Gasteiger partial charge in [0.05, 0.1) is 5.92 Å². The van der Waals surface area contributed by atoms with Gasteiger partial charge in [0.2, 0.25) is 0 Å². The summed E-state index contributed by atoms with van der Waals surface area (Å²) in [5.41, 5.74) is 6.11. The highest BCUT2D eigenvalue weighted by molar-refractivity contribution is 6.30. The van der Waals surface area contributed by atoms with Gasteiger partial charge in [-0.05, 0) is 30.2 Å². The molecule has 15 heavy (non-hydrogen) atoms. The lowest BCUT2D eigenvalue weighted by molar-refractivity contribution is -0.146. The molecule has 0 amide bonds. The van der Waals surface area contributed by atoms with Crippen molar-refractivity contribution in [3.8, 4) is 0 Å². The SMILES string of the molecule is CC(c1cc(Cl)cc(CN)c1)C(F)(F)F. The van der Waals surface area contributed by atoms with E-state index in [9.17, 15) is 13.2 Å². The number of nitrogens with two attached hydrogens (primary N) is 1. The van der Waals surface area contributed by atoms with Crippen molar-refractivity contribution < 1.29 is 13.2 Å². The Labute approximate surface area is 91.0 Å². The molecular weight excluding hydrogens is 227 g/mol. The van der Waals surface area contributed by atoms with Crippen molar-refractivity contribution in [2.45, 2.75) is 25.6 Å². The number of halogens is 4. The fourth-order valence-corrected chi connectivity index (χ4v) is 1.50. The van der Waals surface area contributed by atoms with Gasteiger partial charge in [-0.2, -0.15) is 13.2 Å². The summed E-state index contributed by atoms with van der Waals surface area (Å²) in [5.74, 6) is -1.53. The van der Waals surface area contributed by atoms with E-state index < -0.39 is 12.1 Å². The Bertz CT molecular complexity index is 349. The van der Waals surface area contributed by atoms with E-state index in [-0.39, 0.29) is 17.1 Å². The summed E-state index contributed by atoms with van der Waals surface area (Å²) < 4.78 is 37.3. The Balaban J connectivity index is 3.09. The highest BCUT2D eigenvalue weighted by atomic mass is 35.5. The molecule has 84 valence electrons. The van der Waals surface area contributed by atoms with Crippen LogP contribution >= 0.6 is 11.6 Å². The zero-order valence-corrected chi connectivity index (χ0v) is 8.86. The molecule has 0 spiro atoms. The van der Waals surface area contributed by atoms with E-state index >= 15 is 0 Å². The smallest absolute Gasteiger partial charge is 0.326 e. The molecule has 1 rings (SSSR count). The van der Waals surface area contributed by atoms with E-state index in [1.54, 1.807) is 6.07 Å². The third-order valence-electron chi connectivity index (χ3n) is 2.21. The average molecular weight is 238 g/mol. The Kier molecular flexibility index (Phi) is 3.62. The average Bonchev–Trinajstić information content (AvgIpc) is 2.14. The molecule has 0 aliphatic rings. The Morgan fingerprint density at radius 3 is 2.40 bits per heavy atom. The lowest BCUT2D eigenvalue weighted by Crippen LogP contribution is -2.18. The quantitative estimate of drug-likeness (QED) is 0.838. The Hall–Kier alpha value is -0.740. The summed E-state index contributed by atoms with van der Waals surface area (Å²) in [6, 6.07) is 4.32. The zero-order valence-electron chi connectivity index (χ0n) is 8.11. The molecule has 0 aliphatic heterocycles. The maximum Gasteiger partial charge on any atom is 0.395 e. The van der Waals surface area contributed by atoms with Crippen LogP contribution in [-0.4, -0.2) is 6.18 Å². The maximum absolute atomic E-state index is 12.4. The van der Waals surface area contributed by atoms with Gasteiger partial charge in [-0.15, -0.1) is 0 Å². The van der Waals surface area contributed by atoms with Crippen molar-refractivity contribution in [3.05, 3.63) is 34.3 Å². The minimum atomic E-state index is -4.25. The third kappa shape index (κ3) is 3.11. The molecule has 1 aromatic carbocycles. The first-order valence-corrected chi connectivity index (χ1v) is 4.78. The molecule has 0 aliphatic carbocycles. The van der Waals surface area contributed by atoms with Crippen LogP contribution in [0.3, 0.4) is 0 Å². The van der Waals surface area contributed by atoms with Crippen LogP contribution in [0.25, 0.3) is 0 Å². The number of hydrogen-bond donors (Lipinski definition) is 1. The summed E-state index contributed by atoms with van der Waals surface area (Å²) in [5, 5.41) is 0.282. The second-order valence-corrected chi connectivity index (χ2v) is 3.80. The molecule has 0 heterocycles. The molecule has 0 saturated heterocycles. The van der Waals surface area contributed by atoms with Crippen LogP contribution in [0.5, 0.6) is 0 Å². The summed E-state index contributed by atoms with van der Waals surface area (Å²) in [7, 11) is 0. The van der Waals surface area contributed by atoms with Crippen molar-refractivity contribution in [2.75, 3.05) is 0 Å². The Morgan fingerprint density at radius 2 is 1.93 bits per heavy atom. The first-order chi connectivity index (χ1) is 6.84. The van der Waals surface area contributed by atoms with E-state index in [1.165, 1.54) is 12.1 Å². The normalized spacial score (nSPS) is 14.0. The molecule has 0 aromatic heterocycles. The molecule has 0 radical (unpaired) electrons. The summed E-state index contributed by atoms with van der Waals surface area (Å²) in [4.78, 5) is 0. The molecule has 0 bridgehead atoms. The summed E-state index contributed by atoms with van der Waals surface area (Å²) in [6.45, 7) is 1.28. The van der Waals surface area contributed by atoms with Crippen LogP contribution in [0.15, 0.2) is 18.2 Å². The van der Waals surface area contributed by atoms with E-state index in [0.717, 1.165) is 6.92 Å². The van der Waals surface area contributed by atoms with Crippen molar-refractivity contribution >= 4 is 11.6 Å². The molecule has 0 fully saturated rings. The molecule has 1 nitrogen and oxygen atoms in total. The van der Waals surface area contributed by atoms with Crippen LogP contribution in [0.1, 0.15) is 24.0 Å². The molecule has 1 unspecified atom stereocenters. The summed E-state index contributed by atoms with van der Waals surface area (Å²) >= 11 is 5.70. The van der Waals surface area contributed by atoms with Crippen molar-refractivity contribution in [1.29, 1.82) is 0 Å². The molecular formula is C10H11ClF3N. The lowest BCUT2D eigenvalue weighted by Gasteiger charge is -2.16. The van der Waals surface area contributed by atoms with Crippen LogP contribution < -0.4 is 5.73 Å². The first kappa shape index (κ1) is 12.3. The number of benzene rings is 1. The minimum Gasteiger partial charge on any atom is -0.326 e. The molecule has 1 atom stereocenters. The van der Waals surface area contributed by atoms with Crippen molar-refractivity contribution in [2.24, 2.45) is 5.73 Å². The predicted octanol–water partition coefficient (Wildman–Crippen LogP) is 3.46. The summed E-state index contributed by atoms with van der Waals surface area (Å²) in [6.07, 6.45) is -4.25. The largest absolute Gasteiger partial charge is 0.395 e. The second kappa shape index (κ2) is 4.41. The van der Waals surface area contributed by atoms with Gasteiger partial charge in [0, 0.05) is 11.6 Å². The van der Waals surface area contributed by atoms with Gasteiger partial charge in [0.1, 0.15) is 0 Å². The number of hydrogen-bond acceptors (Lipinski definition) is 1. The fraction of sp³-hybridized carbons (Fsp3) is 0.400. The van der Waals surface area contributed by atoms with Gasteiger partial charge in [0.15, 0.2) is 0 Å². The van der Waals surface area contributed by atoms with Crippen LogP contribution in [0.4, 0.5) is 13.2 Å². The standard InChI is InChI=1S/C10H11ClF3N/c1-6(10(12,13)14)8-2-7(5-15)3-9(11)4-8/h2-4,6H,5,15H2,1H3. The third-order valence-corrected chi connectivity index (χ3v) is 2.42. The van der Waals surface area contributed by atoms with E-state index in [1.807, 2.05) is 0 Å². The molecule has 0 saturated carbocycles. The van der Waals surface area contributed by atoms with E-state index in [4.69, 9.17) is 17.3 Å². The van der Waals surface area contributed by atoms with Gasteiger partial charge in [0.25, 0.3) is 0 Å². The minimum absolute atomic E-state index is 0.149. The highest BCUT2D eigenvalue weighted by Crippen LogP contribution is 2.35.